The van der Waals surface area contributed by atoms with Crippen LogP contribution in [-0.2, 0) is 4.79 Å². The standard InChI is InChI=1S/C11H20FNO/c1-11(2,12)10(14)13-8-9-6-4-3-5-7-9/h9H,3-8H2,1-2H3,(H,13,14). The minimum absolute atomic E-state index is 0.483. The fourth-order valence-corrected chi connectivity index (χ4v) is 1.84. The molecule has 3 heteroatoms. The maximum atomic E-state index is 13.1. The number of amides is 1. The molecule has 0 aromatic carbocycles. The molecule has 1 aliphatic carbocycles. The molecule has 1 aliphatic rings. The molecule has 0 saturated heterocycles. The molecule has 0 spiro atoms. The molecular weight excluding hydrogens is 181 g/mol. The summed E-state index contributed by atoms with van der Waals surface area (Å²) in [6.07, 6.45) is 6.15. The minimum atomic E-state index is -1.74. The molecule has 1 amide bonds. The van der Waals surface area contributed by atoms with Crippen LogP contribution in [0.1, 0.15) is 46.0 Å². The molecule has 0 bridgehead atoms. The largest absolute Gasteiger partial charge is 0.353 e. The van der Waals surface area contributed by atoms with Gasteiger partial charge in [-0.05, 0) is 32.6 Å². The van der Waals surface area contributed by atoms with Gasteiger partial charge in [0.25, 0.3) is 5.91 Å². The van der Waals surface area contributed by atoms with Crippen molar-refractivity contribution in [3.05, 3.63) is 0 Å². The topological polar surface area (TPSA) is 29.1 Å². The Bertz CT molecular complexity index is 192. The van der Waals surface area contributed by atoms with Crippen LogP contribution in [0.2, 0.25) is 0 Å². The number of hydrogen-bond donors (Lipinski definition) is 1. The van der Waals surface area contributed by atoms with Crippen LogP contribution in [0.15, 0.2) is 0 Å². The Morgan fingerprint density at radius 2 is 1.93 bits per heavy atom. The number of carbonyl (C=O) groups excluding carboxylic acids is 1. The van der Waals surface area contributed by atoms with Crippen molar-refractivity contribution in [1.82, 2.24) is 5.32 Å². The van der Waals surface area contributed by atoms with Crippen LogP contribution < -0.4 is 5.32 Å². The molecule has 2 nitrogen and oxygen atoms in total. The summed E-state index contributed by atoms with van der Waals surface area (Å²) >= 11 is 0. The van der Waals surface area contributed by atoms with E-state index in [0.717, 1.165) is 0 Å². The van der Waals surface area contributed by atoms with Crippen LogP contribution >= 0.6 is 0 Å². The van der Waals surface area contributed by atoms with Gasteiger partial charge in [0.2, 0.25) is 0 Å². The molecule has 1 saturated carbocycles. The Kier molecular flexibility index (Phi) is 3.90. The smallest absolute Gasteiger partial charge is 0.257 e. The molecule has 0 aromatic heterocycles. The average molecular weight is 201 g/mol. The summed E-state index contributed by atoms with van der Waals surface area (Å²) < 4.78 is 13.1. The summed E-state index contributed by atoms with van der Waals surface area (Å²) in [6.45, 7) is 3.23. The van der Waals surface area contributed by atoms with E-state index in [2.05, 4.69) is 5.32 Å². The molecule has 0 heterocycles. The fourth-order valence-electron chi connectivity index (χ4n) is 1.84. The van der Waals surface area contributed by atoms with Gasteiger partial charge in [0.1, 0.15) is 0 Å². The van der Waals surface area contributed by atoms with Crippen molar-refractivity contribution in [2.75, 3.05) is 6.54 Å². The molecular formula is C11H20FNO. The summed E-state index contributed by atoms with van der Waals surface area (Å²) in [6, 6.07) is 0. The van der Waals surface area contributed by atoms with Gasteiger partial charge >= 0.3 is 0 Å². The SMILES string of the molecule is CC(C)(F)C(=O)NCC1CCCCC1. The number of carbonyl (C=O) groups is 1. The fraction of sp³-hybridized carbons (Fsp3) is 0.909. The third kappa shape index (κ3) is 3.64. The minimum Gasteiger partial charge on any atom is -0.353 e. The molecule has 1 fully saturated rings. The van der Waals surface area contributed by atoms with Crippen molar-refractivity contribution in [2.45, 2.75) is 51.6 Å². The van der Waals surface area contributed by atoms with Gasteiger partial charge in [-0.15, -0.1) is 0 Å². The second kappa shape index (κ2) is 4.76. The second-order valence-corrected chi connectivity index (χ2v) is 4.69. The first-order valence-electron chi connectivity index (χ1n) is 5.47. The Hall–Kier alpha value is -0.600. The lowest BCUT2D eigenvalue weighted by Crippen LogP contribution is -2.41. The Morgan fingerprint density at radius 3 is 2.43 bits per heavy atom. The highest BCUT2D eigenvalue weighted by atomic mass is 19.1. The monoisotopic (exact) mass is 201 g/mol. The zero-order valence-corrected chi connectivity index (χ0v) is 9.11. The highest BCUT2D eigenvalue weighted by Crippen LogP contribution is 2.23. The molecule has 1 rings (SSSR count). The van der Waals surface area contributed by atoms with Gasteiger partial charge in [-0.2, -0.15) is 0 Å². The van der Waals surface area contributed by atoms with E-state index >= 15 is 0 Å². The lowest BCUT2D eigenvalue weighted by atomic mass is 9.89. The molecule has 1 N–H and O–H groups in total. The van der Waals surface area contributed by atoms with Gasteiger partial charge in [-0.25, -0.2) is 4.39 Å². The highest BCUT2D eigenvalue weighted by molar-refractivity contribution is 5.83. The van der Waals surface area contributed by atoms with Gasteiger partial charge in [-0.1, -0.05) is 19.3 Å². The number of hydrogen-bond acceptors (Lipinski definition) is 1. The molecule has 0 aromatic rings. The van der Waals surface area contributed by atoms with Gasteiger partial charge in [0, 0.05) is 6.54 Å². The Labute approximate surface area is 85.3 Å². The molecule has 82 valence electrons. The van der Waals surface area contributed by atoms with Crippen molar-refractivity contribution in [3.8, 4) is 0 Å². The van der Waals surface area contributed by atoms with Crippen LogP contribution in [0.4, 0.5) is 4.39 Å². The predicted octanol–water partition coefficient (Wildman–Crippen LogP) is 2.43. The highest BCUT2D eigenvalue weighted by Gasteiger charge is 2.26. The van der Waals surface area contributed by atoms with Crippen molar-refractivity contribution in [2.24, 2.45) is 5.92 Å². The van der Waals surface area contributed by atoms with Crippen molar-refractivity contribution < 1.29 is 9.18 Å². The van der Waals surface area contributed by atoms with E-state index in [1.54, 1.807) is 0 Å². The summed E-state index contributed by atoms with van der Waals surface area (Å²) in [5.41, 5.74) is -1.74. The summed E-state index contributed by atoms with van der Waals surface area (Å²) in [5, 5.41) is 2.68. The number of alkyl halides is 1. The molecule has 0 radical (unpaired) electrons. The van der Waals surface area contributed by atoms with Crippen LogP contribution in [-0.4, -0.2) is 18.1 Å². The van der Waals surface area contributed by atoms with Crippen LogP contribution in [0.25, 0.3) is 0 Å². The lowest BCUT2D eigenvalue weighted by Gasteiger charge is -2.23. The van der Waals surface area contributed by atoms with Crippen molar-refractivity contribution >= 4 is 5.91 Å². The first-order valence-corrected chi connectivity index (χ1v) is 5.47. The van der Waals surface area contributed by atoms with Gasteiger partial charge in [-0.3, -0.25) is 4.79 Å². The maximum Gasteiger partial charge on any atom is 0.257 e. The number of rotatable bonds is 3. The lowest BCUT2D eigenvalue weighted by molar-refractivity contribution is -0.131. The summed E-state index contributed by atoms with van der Waals surface area (Å²) in [7, 11) is 0. The third-order valence-corrected chi connectivity index (χ3v) is 2.82. The van der Waals surface area contributed by atoms with Crippen molar-refractivity contribution in [3.63, 3.8) is 0 Å². The molecule has 0 unspecified atom stereocenters. The van der Waals surface area contributed by atoms with E-state index in [0.29, 0.717) is 12.5 Å². The van der Waals surface area contributed by atoms with E-state index in [9.17, 15) is 9.18 Å². The maximum absolute atomic E-state index is 13.1. The van der Waals surface area contributed by atoms with E-state index in [4.69, 9.17) is 0 Å². The van der Waals surface area contributed by atoms with Gasteiger partial charge in [0.15, 0.2) is 5.67 Å². The third-order valence-electron chi connectivity index (χ3n) is 2.82. The van der Waals surface area contributed by atoms with Gasteiger partial charge < -0.3 is 5.32 Å². The van der Waals surface area contributed by atoms with Crippen LogP contribution in [0, 0.1) is 5.92 Å². The van der Waals surface area contributed by atoms with Crippen LogP contribution in [0.3, 0.4) is 0 Å². The molecule has 14 heavy (non-hydrogen) atoms. The van der Waals surface area contributed by atoms with E-state index < -0.39 is 11.6 Å². The van der Waals surface area contributed by atoms with E-state index in [1.807, 2.05) is 0 Å². The quantitative estimate of drug-likeness (QED) is 0.746. The number of nitrogens with one attached hydrogen (secondary N) is 1. The Morgan fingerprint density at radius 1 is 1.36 bits per heavy atom. The van der Waals surface area contributed by atoms with E-state index in [1.165, 1.54) is 46.0 Å². The summed E-state index contributed by atoms with van der Waals surface area (Å²) in [5.74, 6) is 0.0816. The van der Waals surface area contributed by atoms with E-state index in [-0.39, 0.29) is 0 Å². The normalized spacial score (nSPS) is 19.4. The molecule has 0 aliphatic heterocycles. The van der Waals surface area contributed by atoms with Gasteiger partial charge in [0.05, 0.1) is 0 Å². The van der Waals surface area contributed by atoms with Crippen LogP contribution in [0.5, 0.6) is 0 Å². The first kappa shape index (κ1) is 11.5. The first-order chi connectivity index (χ1) is 6.50. The zero-order chi connectivity index (χ0) is 10.6. The Balaban J connectivity index is 2.22. The number of halogens is 1. The zero-order valence-electron chi connectivity index (χ0n) is 9.11. The molecule has 0 atom stereocenters. The average Bonchev–Trinajstić information content (AvgIpc) is 2.14. The predicted molar refractivity (Wildman–Crippen MR) is 54.8 cm³/mol. The van der Waals surface area contributed by atoms with Crippen molar-refractivity contribution in [1.29, 1.82) is 0 Å². The summed E-state index contributed by atoms with van der Waals surface area (Å²) in [4.78, 5) is 11.2. The second-order valence-electron chi connectivity index (χ2n) is 4.69.